The van der Waals surface area contributed by atoms with Crippen molar-refractivity contribution in [2.75, 3.05) is 44.0 Å². The van der Waals surface area contributed by atoms with E-state index in [9.17, 15) is 8.42 Å². The molecule has 1 N–H and O–H groups in total. The second kappa shape index (κ2) is 7.27. The highest BCUT2D eigenvalue weighted by atomic mass is 32.2. The number of thiazole rings is 1. The molecular weight excluding hydrogens is 354 g/mol. The number of hydrogen-bond donors (Lipinski definition) is 1. The van der Waals surface area contributed by atoms with E-state index in [1.54, 1.807) is 22.7 Å². The summed E-state index contributed by atoms with van der Waals surface area (Å²) in [7, 11) is -3.12. The number of sulfonamides is 1. The maximum Gasteiger partial charge on any atom is 0.208 e. The van der Waals surface area contributed by atoms with E-state index >= 15 is 0 Å². The molecule has 6 nitrogen and oxygen atoms in total. The smallest absolute Gasteiger partial charge is 0.208 e. The van der Waals surface area contributed by atoms with Gasteiger partial charge in [0.15, 0.2) is 5.13 Å². The van der Waals surface area contributed by atoms with Gasteiger partial charge in [-0.15, -0.1) is 22.7 Å². The Morgan fingerprint density at radius 2 is 2.13 bits per heavy atom. The zero-order chi connectivity index (χ0) is 16.3. The third-order valence-electron chi connectivity index (χ3n) is 3.42. The fourth-order valence-electron chi connectivity index (χ4n) is 2.29. The maximum atomic E-state index is 11.1. The van der Waals surface area contributed by atoms with E-state index in [-0.39, 0.29) is 0 Å². The molecule has 0 aliphatic carbocycles. The van der Waals surface area contributed by atoms with Gasteiger partial charge in [-0.1, -0.05) is 0 Å². The van der Waals surface area contributed by atoms with Crippen LogP contribution < -0.4 is 9.62 Å². The molecule has 1 aliphatic heterocycles. The van der Waals surface area contributed by atoms with Gasteiger partial charge in [-0.05, 0) is 18.6 Å². The van der Waals surface area contributed by atoms with Crippen LogP contribution in [-0.4, -0.2) is 52.5 Å². The Hall–Kier alpha value is -1.00. The quantitative estimate of drug-likeness (QED) is 0.836. The number of thiophene rings is 1. The molecule has 1 aliphatic rings. The number of nitrogens with zero attached hydrogens (tertiary/aromatic N) is 2. The molecule has 0 aromatic carbocycles. The van der Waals surface area contributed by atoms with Crippen LogP contribution in [0.5, 0.6) is 0 Å². The normalized spacial score (nSPS) is 16.0. The minimum atomic E-state index is -3.12. The van der Waals surface area contributed by atoms with Crippen molar-refractivity contribution in [2.45, 2.75) is 6.42 Å². The Bertz CT molecular complexity index is 748. The summed E-state index contributed by atoms with van der Waals surface area (Å²) in [5, 5.41) is 3.12. The predicted octanol–water partition coefficient (Wildman–Crippen LogP) is 1.80. The first-order chi connectivity index (χ1) is 11.0. The average Bonchev–Trinajstić information content (AvgIpc) is 3.15. The lowest BCUT2D eigenvalue weighted by molar-refractivity contribution is 0.122. The van der Waals surface area contributed by atoms with Crippen LogP contribution in [0, 0.1) is 0 Å². The Morgan fingerprint density at radius 1 is 1.35 bits per heavy atom. The summed E-state index contributed by atoms with van der Waals surface area (Å²) in [5.74, 6) is 0. The highest BCUT2D eigenvalue weighted by Crippen LogP contribution is 2.32. The molecule has 126 valence electrons. The van der Waals surface area contributed by atoms with Crippen molar-refractivity contribution >= 4 is 37.8 Å². The van der Waals surface area contributed by atoms with Gasteiger partial charge >= 0.3 is 0 Å². The summed E-state index contributed by atoms with van der Waals surface area (Å²) in [6.45, 7) is 3.71. The van der Waals surface area contributed by atoms with Crippen LogP contribution in [0.3, 0.4) is 0 Å². The molecular formula is C14H19N3O3S3. The number of morpholine rings is 1. The molecule has 0 saturated carbocycles. The SMILES string of the molecule is CS(=O)(=O)NCCc1ccc(-c2csc(N3CCOCC3)n2)s1. The lowest BCUT2D eigenvalue weighted by atomic mass is 10.3. The standard InChI is InChI=1S/C14H19N3O3S3/c1-23(18,19)15-5-4-11-2-3-13(22-11)12-10-21-14(16-12)17-6-8-20-9-7-17/h2-3,10,15H,4-9H2,1H3. The first kappa shape index (κ1) is 16.8. The third-order valence-corrected chi connectivity index (χ3v) is 6.22. The highest BCUT2D eigenvalue weighted by molar-refractivity contribution is 7.88. The van der Waals surface area contributed by atoms with Gasteiger partial charge < -0.3 is 9.64 Å². The van der Waals surface area contributed by atoms with E-state index in [4.69, 9.17) is 9.72 Å². The summed E-state index contributed by atoms with van der Waals surface area (Å²) < 4.78 is 30.0. The van der Waals surface area contributed by atoms with Gasteiger partial charge in [0.1, 0.15) is 0 Å². The molecule has 0 atom stereocenters. The van der Waals surface area contributed by atoms with Gasteiger partial charge in [0.2, 0.25) is 10.0 Å². The molecule has 2 aromatic rings. The molecule has 0 unspecified atom stereocenters. The van der Waals surface area contributed by atoms with Crippen molar-refractivity contribution in [2.24, 2.45) is 0 Å². The Kier molecular flexibility index (Phi) is 5.32. The number of anilines is 1. The Labute approximate surface area is 144 Å². The van der Waals surface area contributed by atoms with Gasteiger partial charge in [-0.3, -0.25) is 0 Å². The third kappa shape index (κ3) is 4.74. The van der Waals surface area contributed by atoms with Crippen molar-refractivity contribution in [3.8, 4) is 10.6 Å². The van der Waals surface area contributed by atoms with Crippen LogP contribution in [0.4, 0.5) is 5.13 Å². The largest absolute Gasteiger partial charge is 0.378 e. The number of rotatable bonds is 6. The minimum absolute atomic E-state index is 0.425. The first-order valence-corrected chi connectivity index (χ1v) is 10.9. The second-order valence-electron chi connectivity index (χ2n) is 5.30. The van der Waals surface area contributed by atoms with Gasteiger partial charge in [0, 0.05) is 29.9 Å². The monoisotopic (exact) mass is 373 g/mol. The second-order valence-corrected chi connectivity index (χ2v) is 9.14. The topological polar surface area (TPSA) is 71.5 Å². The molecule has 1 fully saturated rings. The average molecular weight is 374 g/mol. The number of ether oxygens (including phenoxy) is 1. The minimum Gasteiger partial charge on any atom is -0.378 e. The van der Waals surface area contributed by atoms with Crippen LogP contribution in [-0.2, 0) is 21.2 Å². The zero-order valence-corrected chi connectivity index (χ0v) is 15.3. The van der Waals surface area contributed by atoms with Gasteiger partial charge in [0.25, 0.3) is 0 Å². The molecule has 0 spiro atoms. The molecule has 0 radical (unpaired) electrons. The molecule has 0 bridgehead atoms. The molecule has 0 amide bonds. The van der Waals surface area contributed by atoms with E-state index in [1.165, 1.54) is 6.26 Å². The van der Waals surface area contributed by atoms with Gasteiger partial charge in [-0.25, -0.2) is 18.1 Å². The first-order valence-electron chi connectivity index (χ1n) is 7.33. The van der Waals surface area contributed by atoms with Crippen molar-refractivity contribution in [3.63, 3.8) is 0 Å². The number of hydrogen-bond acceptors (Lipinski definition) is 7. The fraction of sp³-hybridized carbons (Fsp3) is 0.500. The Morgan fingerprint density at radius 3 is 2.87 bits per heavy atom. The molecule has 1 saturated heterocycles. The van der Waals surface area contributed by atoms with Crippen molar-refractivity contribution in [3.05, 3.63) is 22.4 Å². The van der Waals surface area contributed by atoms with Crippen LogP contribution in [0.25, 0.3) is 10.6 Å². The number of nitrogens with one attached hydrogen (secondary N) is 1. The number of aromatic nitrogens is 1. The van der Waals surface area contributed by atoms with Crippen molar-refractivity contribution in [1.82, 2.24) is 9.71 Å². The van der Waals surface area contributed by atoms with Gasteiger partial charge in [-0.2, -0.15) is 0 Å². The van der Waals surface area contributed by atoms with E-state index < -0.39 is 10.0 Å². The summed E-state index contributed by atoms with van der Waals surface area (Å²) in [6.07, 6.45) is 1.87. The van der Waals surface area contributed by atoms with Crippen molar-refractivity contribution in [1.29, 1.82) is 0 Å². The van der Waals surface area contributed by atoms with Gasteiger partial charge in [0.05, 0.1) is 30.0 Å². The summed E-state index contributed by atoms with van der Waals surface area (Å²) in [5.41, 5.74) is 0.990. The summed E-state index contributed by atoms with van der Waals surface area (Å²) in [4.78, 5) is 9.25. The molecule has 3 heterocycles. The lowest BCUT2D eigenvalue weighted by Crippen LogP contribution is -2.36. The van der Waals surface area contributed by atoms with Crippen LogP contribution in [0.2, 0.25) is 0 Å². The maximum absolute atomic E-state index is 11.1. The van der Waals surface area contributed by atoms with E-state index in [0.717, 1.165) is 46.9 Å². The lowest BCUT2D eigenvalue weighted by Gasteiger charge is -2.25. The van der Waals surface area contributed by atoms with E-state index in [2.05, 4.69) is 21.1 Å². The highest BCUT2D eigenvalue weighted by Gasteiger charge is 2.16. The van der Waals surface area contributed by atoms with Crippen molar-refractivity contribution < 1.29 is 13.2 Å². The molecule has 23 heavy (non-hydrogen) atoms. The van der Waals surface area contributed by atoms with E-state index in [0.29, 0.717) is 13.0 Å². The molecule has 3 rings (SSSR count). The fourth-order valence-corrected chi connectivity index (χ4v) is 4.68. The summed E-state index contributed by atoms with van der Waals surface area (Å²) in [6, 6.07) is 4.09. The van der Waals surface area contributed by atoms with Crippen LogP contribution in [0.1, 0.15) is 4.88 Å². The predicted molar refractivity (Wildman–Crippen MR) is 95.0 cm³/mol. The molecule has 2 aromatic heterocycles. The van der Waals surface area contributed by atoms with Crippen LogP contribution >= 0.6 is 22.7 Å². The Balaban J connectivity index is 1.62. The van der Waals surface area contributed by atoms with Crippen LogP contribution in [0.15, 0.2) is 17.5 Å². The molecule has 9 heteroatoms. The van der Waals surface area contributed by atoms with E-state index in [1.807, 2.05) is 6.07 Å². The summed E-state index contributed by atoms with van der Waals surface area (Å²) >= 11 is 3.32. The zero-order valence-electron chi connectivity index (χ0n) is 12.8.